The molecule has 0 aromatic heterocycles. The molecule has 35 heavy (non-hydrogen) atoms. The summed E-state index contributed by atoms with van der Waals surface area (Å²) in [6.07, 6.45) is -7.38. The van der Waals surface area contributed by atoms with Gasteiger partial charge in [-0.3, -0.25) is 9.59 Å². The third-order valence-electron chi connectivity index (χ3n) is 6.31. The Bertz CT molecular complexity index is 1130. The lowest BCUT2D eigenvalue weighted by atomic mass is 9.99. The molecule has 1 heterocycles. The van der Waals surface area contributed by atoms with Gasteiger partial charge in [-0.15, -0.1) is 0 Å². The maximum atomic E-state index is 14.6. The van der Waals surface area contributed by atoms with E-state index < -0.39 is 53.2 Å². The van der Waals surface area contributed by atoms with Gasteiger partial charge in [0.25, 0.3) is 5.91 Å². The van der Waals surface area contributed by atoms with Crippen LogP contribution in [0.15, 0.2) is 42.5 Å². The van der Waals surface area contributed by atoms with Crippen molar-refractivity contribution >= 4 is 11.8 Å². The minimum Gasteiger partial charge on any atom is -0.347 e. The number of benzene rings is 2. The van der Waals surface area contributed by atoms with Crippen LogP contribution < -0.4 is 5.32 Å². The van der Waals surface area contributed by atoms with Crippen LogP contribution in [0, 0.1) is 11.7 Å². The van der Waals surface area contributed by atoms with Crippen LogP contribution in [0.2, 0.25) is 0 Å². The van der Waals surface area contributed by atoms with Crippen molar-refractivity contribution in [2.45, 2.75) is 50.1 Å². The van der Waals surface area contributed by atoms with Crippen LogP contribution in [0.4, 0.5) is 30.7 Å². The predicted octanol–water partition coefficient (Wildman–Crippen LogP) is 5.74. The highest BCUT2D eigenvalue weighted by atomic mass is 19.4. The van der Waals surface area contributed by atoms with Crippen molar-refractivity contribution in [2.24, 2.45) is 5.92 Å². The van der Waals surface area contributed by atoms with Gasteiger partial charge in [0.2, 0.25) is 5.91 Å². The average molecular weight is 502 g/mol. The number of carbonyl (C=O) groups excluding carboxylic acids is 2. The Kier molecular flexibility index (Phi) is 6.54. The number of nitrogens with one attached hydrogen (secondary N) is 1. The fourth-order valence-electron chi connectivity index (χ4n) is 4.36. The van der Waals surface area contributed by atoms with Gasteiger partial charge in [-0.25, -0.2) is 4.39 Å². The molecular formula is C24H21F7N2O2. The summed E-state index contributed by atoms with van der Waals surface area (Å²) in [5.74, 6) is -2.63. The lowest BCUT2D eigenvalue weighted by Gasteiger charge is -2.27. The van der Waals surface area contributed by atoms with Gasteiger partial charge >= 0.3 is 12.4 Å². The van der Waals surface area contributed by atoms with Crippen LogP contribution in [0.1, 0.15) is 58.8 Å². The van der Waals surface area contributed by atoms with Crippen molar-refractivity contribution < 1.29 is 40.3 Å². The summed E-state index contributed by atoms with van der Waals surface area (Å²) in [5.41, 5.74) is -2.43. The van der Waals surface area contributed by atoms with Gasteiger partial charge in [-0.1, -0.05) is 12.1 Å². The molecule has 2 aromatic carbocycles. The number of hydrogen-bond acceptors (Lipinski definition) is 2. The molecule has 4 nitrogen and oxygen atoms in total. The SMILES string of the molecule is O=C(N[C@@H](c1ccc(C(F)(F)F)cc1F)C1CC1)[C@H]1CCCN1C(=O)c1cccc(C(F)(F)F)c1. The fraction of sp³-hybridized carbons (Fsp3) is 0.417. The van der Waals surface area contributed by atoms with Gasteiger partial charge in [-0.05, 0) is 61.9 Å². The van der Waals surface area contributed by atoms with E-state index in [4.69, 9.17) is 0 Å². The molecule has 1 aliphatic heterocycles. The van der Waals surface area contributed by atoms with Gasteiger partial charge in [0.15, 0.2) is 0 Å². The third-order valence-corrected chi connectivity index (χ3v) is 6.31. The van der Waals surface area contributed by atoms with E-state index in [0.29, 0.717) is 25.3 Å². The molecular weight excluding hydrogens is 481 g/mol. The smallest absolute Gasteiger partial charge is 0.347 e. The Morgan fingerprint density at radius 3 is 2.17 bits per heavy atom. The summed E-state index contributed by atoms with van der Waals surface area (Å²) in [6.45, 7) is 0.149. The van der Waals surface area contributed by atoms with E-state index >= 15 is 0 Å². The Hall–Kier alpha value is -3.11. The minimum atomic E-state index is -4.72. The quantitative estimate of drug-likeness (QED) is 0.531. The summed E-state index contributed by atoms with van der Waals surface area (Å²) in [7, 11) is 0. The molecule has 2 aliphatic rings. The molecule has 0 radical (unpaired) electrons. The first kappa shape index (κ1) is 25.0. The second-order valence-electron chi connectivity index (χ2n) is 8.79. The van der Waals surface area contributed by atoms with Crippen LogP contribution in [0.25, 0.3) is 0 Å². The van der Waals surface area contributed by atoms with Crippen LogP contribution in [0.5, 0.6) is 0 Å². The number of carbonyl (C=O) groups is 2. The van der Waals surface area contributed by atoms with Crippen molar-refractivity contribution in [1.82, 2.24) is 10.2 Å². The molecule has 1 saturated carbocycles. The van der Waals surface area contributed by atoms with Crippen molar-refractivity contribution in [1.29, 1.82) is 0 Å². The monoisotopic (exact) mass is 502 g/mol. The number of hydrogen-bond donors (Lipinski definition) is 1. The lowest BCUT2D eigenvalue weighted by Crippen LogP contribution is -2.47. The molecule has 1 aliphatic carbocycles. The second kappa shape index (κ2) is 9.16. The Balaban J connectivity index is 1.53. The largest absolute Gasteiger partial charge is 0.416 e. The Morgan fingerprint density at radius 1 is 0.914 bits per heavy atom. The van der Waals surface area contributed by atoms with E-state index in [-0.39, 0.29) is 30.0 Å². The summed E-state index contributed by atoms with van der Waals surface area (Å²) < 4.78 is 92.4. The zero-order chi connectivity index (χ0) is 25.5. The number of likely N-dealkylation sites (tertiary alicyclic amines) is 1. The van der Waals surface area contributed by atoms with Crippen LogP contribution in [-0.2, 0) is 17.1 Å². The van der Waals surface area contributed by atoms with Crippen molar-refractivity contribution in [2.75, 3.05) is 6.54 Å². The number of halogens is 7. The lowest BCUT2D eigenvalue weighted by molar-refractivity contribution is -0.138. The number of nitrogens with zero attached hydrogens (tertiary/aromatic N) is 1. The Labute approximate surface area is 196 Å². The molecule has 188 valence electrons. The van der Waals surface area contributed by atoms with Crippen LogP contribution in [-0.4, -0.2) is 29.3 Å². The summed E-state index contributed by atoms with van der Waals surface area (Å²) in [5, 5.41) is 2.67. The first-order valence-electron chi connectivity index (χ1n) is 11.0. The van der Waals surface area contributed by atoms with Gasteiger partial charge in [0, 0.05) is 17.7 Å². The summed E-state index contributed by atoms with van der Waals surface area (Å²) >= 11 is 0. The van der Waals surface area contributed by atoms with Crippen LogP contribution >= 0.6 is 0 Å². The molecule has 0 spiro atoms. The van der Waals surface area contributed by atoms with Gasteiger partial charge in [0.1, 0.15) is 11.9 Å². The Morgan fingerprint density at radius 2 is 1.57 bits per heavy atom. The molecule has 11 heteroatoms. The third kappa shape index (κ3) is 5.43. The molecule has 2 amide bonds. The van der Waals surface area contributed by atoms with Crippen molar-refractivity contribution in [3.63, 3.8) is 0 Å². The van der Waals surface area contributed by atoms with E-state index in [1.54, 1.807) is 0 Å². The first-order valence-corrected chi connectivity index (χ1v) is 11.0. The molecule has 0 bridgehead atoms. The summed E-state index contributed by atoms with van der Waals surface area (Å²) in [4.78, 5) is 27.2. The predicted molar refractivity (Wildman–Crippen MR) is 111 cm³/mol. The van der Waals surface area contributed by atoms with Crippen molar-refractivity contribution in [3.05, 3.63) is 70.5 Å². The maximum Gasteiger partial charge on any atom is 0.416 e. The highest BCUT2D eigenvalue weighted by Crippen LogP contribution is 2.43. The first-order chi connectivity index (χ1) is 16.4. The number of alkyl halides is 6. The van der Waals surface area contributed by atoms with Gasteiger partial charge in [-0.2, -0.15) is 26.3 Å². The number of amides is 2. The molecule has 0 unspecified atom stereocenters. The van der Waals surface area contributed by atoms with E-state index in [1.165, 1.54) is 11.0 Å². The average Bonchev–Trinajstić information content (AvgIpc) is 3.51. The second-order valence-corrected chi connectivity index (χ2v) is 8.79. The molecule has 2 fully saturated rings. The van der Waals surface area contributed by atoms with E-state index in [9.17, 15) is 40.3 Å². The van der Waals surface area contributed by atoms with Gasteiger partial charge in [0.05, 0.1) is 17.2 Å². The van der Waals surface area contributed by atoms with Gasteiger partial charge < -0.3 is 10.2 Å². The summed E-state index contributed by atoms with van der Waals surface area (Å²) in [6, 6.07) is 4.17. The highest BCUT2D eigenvalue weighted by molar-refractivity contribution is 5.98. The van der Waals surface area contributed by atoms with E-state index in [2.05, 4.69) is 5.32 Å². The molecule has 1 saturated heterocycles. The highest BCUT2D eigenvalue weighted by Gasteiger charge is 2.41. The molecule has 4 rings (SSSR count). The normalized spacial score (nSPS) is 19.5. The zero-order valence-corrected chi connectivity index (χ0v) is 18.2. The van der Waals surface area contributed by atoms with E-state index in [0.717, 1.165) is 30.3 Å². The minimum absolute atomic E-state index is 0.0809. The molecule has 2 atom stereocenters. The number of rotatable bonds is 5. The topological polar surface area (TPSA) is 49.4 Å². The van der Waals surface area contributed by atoms with Crippen LogP contribution in [0.3, 0.4) is 0 Å². The maximum absolute atomic E-state index is 14.6. The van der Waals surface area contributed by atoms with Crippen molar-refractivity contribution in [3.8, 4) is 0 Å². The zero-order valence-electron chi connectivity index (χ0n) is 18.2. The standard InChI is InChI=1S/C24H21F7N2O2/c25-18-12-16(24(29,30)31)8-9-17(18)20(13-6-7-13)32-21(34)19-5-2-10-33(19)22(35)14-3-1-4-15(11-14)23(26,27)28/h1,3-4,8-9,11-13,19-20H,2,5-7,10H2,(H,32,34)/t19-,20-/m1/s1. The fourth-order valence-corrected chi connectivity index (χ4v) is 4.36. The molecule has 1 N–H and O–H groups in total. The molecule has 2 aromatic rings. The van der Waals surface area contributed by atoms with E-state index in [1.807, 2.05) is 0 Å².